The normalized spacial score (nSPS) is 11.8. The molecule has 2 heterocycles. The molecule has 1 aromatic carbocycles. The first-order chi connectivity index (χ1) is 10.8. The van der Waals surface area contributed by atoms with Gasteiger partial charge in [-0.25, -0.2) is 22.2 Å². The molecule has 0 aliphatic rings. The van der Waals surface area contributed by atoms with Crippen molar-refractivity contribution >= 4 is 31.3 Å². The van der Waals surface area contributed by atoms with Crippen molar-refractivity contribution in [1.29, 1.82) is 0 Å². The van der Waals surface area contributed by atoms with Crippen molar-refractivity contribution in [2.24, 2.45) is 0 Å². The molecule has 0 N–H and O–H groups in total. The Bertz CT molecular complexity index is 1020. The van der Waals surface area contributed by atoms with Gasteiger partial charge in [-0.15, -0.1) is 0 Å². The summed E-state index contributed by atoms with van der Waals surface area (Å²) in [6, 6.07) is 4.45. The molecule has 9 heteroatoms. The molecule has 0 atom stereocenters. The van der Waals surface area contributed by atoms with Crippen molar-refractivity contribution in [3.8, 4) is 11.5 Å². The minimum Gasteiger partial charge on any atom is -0.453 e. The summed E-state index contributed by atoms with van der Waals surface area (Å²) in [5.74, 6) is -1.47. The second-order valence-electron chi connectivity index (χ2n) is 4.77. The summed E-state index contributed by atoms with van der Waals surface area (Å²) < 4.78 is 57.1. The number of hydrogen-bond donors (Lipinski definition) is 0. The van der Waals surface area contributed by atoms with Gasteiger partial charge in [-0.2, -0.15) is 0 Å². The molecule has 0 saturated heterocycles. The molecule has 0 amide bonds. The van der Waals surface area contributed by atoms with Crippen LogP contribution in [0.4, 0.5) is 8.78 Å². The summed E-state index contributed by atoms with van der Waals surface area (Å²) in [5.41, 5.74) is 0.450. The van der Waals surface area contributed by atoms with E-state index in [1.807, 2.05) is 0 Å². The number of ether oxygens (including phenoxy) is 1. The van der Waals surface area contributed by atoms with E-state index in [0.717, 1.165) is 12.3 Å². The van der Waals surface area contributed by atoms with Crippen molar-refractivity contribution in [2.75, 3.05) is 6.26 Å². The standard InChI is InChI=1S/C14H9BrF2N2O3S/c1-23(20,21)14-18-6-9-5-13(10(15)7-19(9)14)22-12-3-2-8(16)4-11(12)17/h2-7H,1H3. The van der Waals surface area contributed by atoms with Gasteiger partial charge in [0.1, 0.15) is 11.6 Å². The Labute approximate surface area is 138 Å². The van der Waals surface area contributed by atoms with Crippen LogP contribution < -0.4 is 4.74 Å². The lowest BCUT2D eigenvalue weighted by Gasteiger charge is -2.10. The Morgan fingerprint density at radius 1 is 1.22 bits per heavy atom. The van der Waals surface area contributed by atoms with E-state index >= 15 is 0 Å². The third-order valence-corrected chi connectivity index (χ3v) is 4.55. The predicted molar refractivity (Wildman–Crippen MR) is 82.4 cm³/mol. The fraction of sp³-hybridized carbons (Fsp3) is 0.0714. The quantitative estimate of drug-likeness (QED) is 0.671. The van der Waals surface area contributed by atoms with Gasteiger partial charge in [-0.05, 0) is 28.1 Å². The van der Waals surface area contributed by atoms with Crippen LogP contribution in [0.25, 0.3) is 5.52 Å². The van der Waals surface area contributed by atoms with Crippen LogP contribution in [-0.4, -0.2) is 24.1 Å². The molecule has 2 aromatic heterocycles. The Kier molecular flexibility index (Phi) is 3.85. The van der Waals surface area contributed by atoms with Crippen LogP contribution in [0.3, 0.4) is 0 Å². The van der Waals surface area contributed by atoms with Crippen LogP contribution >= 0.6 is 15.9 Å². The zero-order valence-electron chi connectivity index (χ0n) is 11.6. The number of halogens is 3. The first kappa shape index (κ1) is 15.9. The van der Waals surface area contributed by atoms with E-state index in [2.05, 4.69) is 20.9 Å². The van der Waals surface area contributed by atoms with Gasteiger partial charge in [0.2, 0.25) is 15.0 Å². The lowest BCUT2D eigenvalue weighted by atomic mass is 10.3. The first-order valence-electron chi connectivity index (χ1n) is 6.25. The van der Waals surface area contributed by atoms with E-state index < -0.39 is 21.5 Å². The zero-order valence-corrected chi connectivity index (χ0v) is 14.0. The Morgan fingerprint density at radius 2 is 1.96 bits per heavy atom. The topological polar surface area (TPSA) is 60.7 Å². The fourth-order valence-electron chi connectivity index (χ4n) is 2.00. The van der Waals surface area contributed by atoms with Crippen LogP contribution in [0.1, 0.15) is 0 Å². The van der Waals surface area contributed by atoms with Gasteiger partial charge in [0.05, 0.1) is 16.2 Å². The van der Waals surface area contributed by atoms with Crippen molar-refractivity contribution < 1.29 is 21.9 Å². The number of hydrogen-bond acceptors (Lipinski definition) is 4. The minimum atomic E-state index is -3.50. The van der Waals surface area contributed by atoms with E-state index in [0.29, 0.717) is 16.1 Å². The molecular formula is C14H9BrF2N2O3S. The van der Waals surface area contributed by atoms with Crippen LogP contribution in [0, 0.1) is 11.6 Å². The van der Waals surface area contributed by atoms with Gasteiger partial charge >= 0.3 is 0 Å². The minimum absolute atomic E-state index is 0.118. The number of aromatic nitrogens is 2. The van der Waals surface area contributed by atoms with E-state index in [-0.39, 0.29) is 16.7 Å². The van der Waals surface area contributed by atoms with E-state index in [4.69, 9.17) is 4.74 Å². The monoisotopic (exact) mass is 402 g/mol. The molecule has 23 heavy (non-hydrogen) atoms. The number of benzene rings is 1. The molecule has 0 aliphatic heterocycles. The number of imidazole rings is 1. The molecule has 0 bridgehead atoms. The highest BCUT2D eigenvalue weighted by Gasteiger charge is 2.17. The Morgan fingerprint density at radius 3 is 2.61 bits per heavy atom. The van der Waals surface area contributed by atoms with Crippen molar-refractivity contribution in [3.63, 3.8) is 0 Å². The summed E-state index contributed by atoms with van der Waals surface area (Å²) in [5, 5.41) is -0.118. The molecule has 3 rings (SSSR count). The molecule has 0 unspecified atom stereocenters. The van der Waals surface area contributed by atoms with Gasteiger partial charge in [-0.1, -0.05) is 0 Å². The third-order valence-electron chi connectivity index (χ3n) is 2.99. The molecular weight excluding hydrogens is 394 g/mol. The molecule has 0 aliphatic carbocycles. The highest BCUT2D eigenvalue weighted by molar-refractivity contribution is 9.10. The van der Waals surface area contributed by atoms with Gasteiger partial charge in [0.15, 0.2) is 11.6 Å². The smallest absolute Gasteiger partial charge is 0.231 e. The average molecular weight is 403 g/mol. The molecule has 0 radical (unpaired) electrons. The van der Waals surface area contributed by atoms with Crippen molar-refractivity contribution in [1.82, 2.24) is 9.38 Å². The number of rotatable bonds is 3. The lowest BCUT2D eigenvalue weighted by Crippen LogP contribution is -2.03. The summed E-state index contributed by atoms with van der Waals surface area (Å²) >= 11 is 3.23. The number of pyridine rings is 1. The van der Waals surface area contributed by atoms with Gasteiger partial charge in [0.25, 0.3) is 0 Å². The van der Waals surface area contributed by atoms with Crippen LogP contribution in [0.15, 0.2) is 46.3 Å². The molecule has 0 saturated carbocycles. The second-order valence-corrected chi connectivity index (χ2v) is 7.53. The molecule has 0 spiro atoms. The molecule has 3 aromatic rings. The summed E-state index contributed by atoms with van der Waals surface area (Å²) in [6.45, 7) is 0. The van der Waals surface area contributed by atoms with Gasteiger partial charge < -0.3 is 4.74 Å². The predicted octanol–water partition coefficient (Wildman–Crippen LogP) is 3.57. The Balaban J connectivity index is 2.07. The highest BCUT2D eigenvalue weighted by atomic mass is 79.9. The maximum Gasteiger partial charge on any atom is 0.231 e. The summed E-state index contributed by atoms with van der Waals surface area (Å²) in [4.78, 5) is 3.86. The third kappa shape index (κ3) is 3.06. The highest BCUT2D eigenvalue weighted by Crippen LogP contribution is 2.33. The van der Waals surface area contributed by atoms with Gasteiger partial charge in [0, 0.05) is 24.6 Å². The number of sulfone groups is 1. The Hall–Kier alpha value is -2.00. The van der Waals surface area contributed by atoms with Gasteiger partial charge in [-0.3, -0.25) is 4.40 Å². The molecule has 5 nitrogen and oxygen atoms in total. The number of fused-ring (bicyclic) bond motifs is 1. The summed E-state index contributed by atoms with van der Waals surface area (Å²) in [6.07, 6.45) is 3.86. The average Bonchev–Trinajstić information content (AvgIpc) is 2.84. The largest absolute Gasteiger partial charge is 0.453 e. The van der Waals surface area contributed by atoms with Crippen LogP contribution in [0.5, 0.6) is 11.5 Å². The molecule has 0 fully saturated rings. The van der Waals surface area contributed by atoms with E-state index in [9.17, 15) is 17.2 Å². The van der Waals surface area contributed by atoms with Crippen LogP contribution in [0.2, 0.25) is 0 Å². The molecule has 120 valence electrons. The van der Waals surface area contributed by atoms with Crippen molar-refractivity contribution in [2.45, 2.75) is 5.16 Å². The fourth-order valence-corrected chi connectivity index (χ4v) is 3.16. The summed E-state index contributed by atoms with van der Waals surface area (Å²) in [7, 11) is -3.50. The first-order valence-corrected chi connectivity index (χ1v) is 8.94. The maximum atomic E-state index is 13.7. The lowest BCUT2D eigenvalue weighted by molar-refractivity contribution is 0.435. The zero-order chi connectivity index (χ0) is 16.8. The SMILES string of the molecule is CS(=O)(=O)c1ncc2cc(Oc3ccc(F)cc3F)c(Br)cn12. The van der Waals surface area contributed by atoms with Crippen LogP contribution in [-0.2, 0) is 9.84 Å². The van der Waals surface area contributed by atoms with Crippen molar-refractivity contribution in [3.05, 3.63) is 52.8 Å². The van der Waals surface area contributed by atoms with E-state index in [1.54, 1.807) is 0 Å². The number of nitrogens with zero attached hydrogens (tertiary/aromatic N) is 2. The second kappa shape index (κ2) is 5.57. The van der Waals surface area contributed by atoms with E-state index in [1.165, 1.54) is 28.9 Å². The maximum absolute atomic E-state index is 13.7.